The molecule has 5 nitrogen and oxygen atoms in total. The van der Waals surface area contributed by atoms with E-state index in [1.165, 1.54) is 7.11 Å². The van der Waals surface area contributed by atoms with Crippen LogP contribution in [0.5, 0.6) is 0 Å². The lowest BCUT2D eigenvalue weighted by atomic mass is 9.98. The first-order chi connectivity index (χ1) is 9.60. The Hall–Kier alpha value is -1.75. The maximum absolute atomic E-state index is 11.7. The second-order valence-corrected chi connectivity index (χ2v) is 5.68. The van der Waals surface area contributed by atoms with Crippen LogP contribution in [0.15, 0.2) is 18.2 Å². The minimum Gasteiger partial charge on any atom is -0.465 e. The van der Waals surface area contributed by atoms with E-state index in [4.69, 9.17) is 10.5 Å². The number of nitrogens with zero attached hydrogens (tertiary/aromatic N) is 1. The molecule has 1 aromatic carbocycles. The molecule has 5 heteroatoms. The number of hydrogen-bond acceptors (Lipinski definition) is 5. The molecule has 0 amide bonds. The summed E-state index contributed by atoms with van der Waals surface area (Å²) < 4.78 is 4.77. The lowest BCUT2D eigenvalue weighted by molar-refractivity contribution is 0.0600. The second kappa shape index (κ2) is 4.98. The van der Waals surface area contributed by atoms with Crippen LogP contribution in [0.2, 0.25) is 0 Å². The molecule has 3 N–H and O–H groups in total. The van der Waals surface area contributed by atoms with Crippen LogP contribution in [0.3, 0.4) is 0 Å². The first kappa shape index (κ1) is 13.2. The molecule has 2 bridgehead atoms. The van der Waals surface area contributed by atoms with Crippen molar-refractivity contribution in [3.05, 3.63) is 23.8 Å². The highest BCUT2D eigenvalue weighted by Crippen LogP contribution is 2.41. The van der Waals surface area contributed by atoms with E-state index in [2.05, 4.69) is 4.90 Å². The Morgan fingerprint density at radius 2 is 2.00 bits per heavy atom. The van der Waals surface area contributed by atoms with Crippen molar-refractivity contribution in [3.8, 4) is 0 Å². The number of aliphatic hydroxyl groups is 1. The fourth-order valence-electron chi connectivity index (χ4n) is 3.55. The van der Waals surface area contributed by atoms with E-state index in [1.807, 2.05) is 6.07 Å². The Morgan fingerprint density at radius 1 is 1.35 bits per heavy atom. The molecule has 0 radical (unpaired) electrons. The number of fused-ring (bicyclic) bond motifs is 2. The monoisotopic (exact) mass is 276 g/mol. The number of anilines is 2. The number of esters is 1. The van der Waals surface area contributed by atoms with Crippen LogP contribution in [-0.2, 0) is 4.74 Å². The Morgan fingerprint density at radius 3 is 2.60 bits per heavy atom. The molecule has 3 rings (SSSR count). The standard InChI is InChI=1S/C15H20N2O3/c1-20-15(19)9-2-5-13(16)14(6-9)17-10-3-4-11(17)8-12(18)7-10/h2,5-6,10-12,18H,3-4,7-8,16H2,1H3. The summed E-state index contributed by atoms with van der Waals surface area (Å²) in [5, 5.41) is 9.87. The molecule has 2 aliphatic rings. The van der Waals surface area contributed by atoms with Gasteiger partial charge in [-0.25, -0.2) is 4.79 Å². The Balaban J connectivity index is 1.96. The maximum atomic E-state index is 11.7. The van der Waals surface area contributed by atoms with Crippen molar-refractivity contribution in [2.24, 2.45) is 0 Å². The summed E-state index contributed by atoms with van der Waals surface area (Å²) in [6, 6.07) is 5.89. The highest BCUT2D eigenvalue weighted by atomic mass is 16.5. The van der Waals surface area contributed by atoms with Crippen molar-refractivity contribution < 1.29 is 14.6 Å². The number of nitrogens with two attached hydrogens (primary N) is 1. The van der Waals surface area contributed by atoms with Crippen molar-refractivity contribution in [1.82, 2.24) is 0 Å². The first-order valence-corrected chi connectivity index (χ1v) is 7.04. The number of methoxy groups -OCH3 is 1. The molecule has 0 spiro atoms. The normalized spacial score (nSPS) is 28.5. The summed E-state index contributed by atoms with van der Waals surface area (Å²) in [6.07, 6.45) is 3.48. The molecule has 2 heterocycles. The Bertz CT molecular complexity index is 518. The fourth-order valence-corrected chi connectivity index (χ4v) is 3.55. The Kier molecular flexibility index (Phi) is 3.30. The third-order valence-electron chi connectivity index (χ3n) is 4.44. The van der Waals surface area contributed by atoms with Crippen molar-refractivity contribution in [1.29, 1.82) is 0 Å². The van der Waals surface area contributed by atoms with E-state index in [-0.39, 0.29) is 12.1 Å². The minimum atomic E-state index is -0.351. The Labute approximate surface area is 118 Å². The van der Waals surface area contributed by atoms with Gasteiger partial charge in [-0.2, -0.15) is 0 Å². The van der Waals surface area contributed by atoms with Crippen molar-refractivity contribution in [2.45, 2.75) is 43.9 Å². The van der Waals surface area contributed by atoms with E-state index in [9.17, 15) is 9.90 Å². The lowest BCUT2D eigenvalue weighted by Crippen LogP contribution is -2.45. The minimum absolute atomic E-state index is 0.214. The van der Waals surface area contributed by atoms with Gasteiger partial charge in [0.2, 0.25) is 0 Å². The summed E-state index contributed by atoms with van der Waals surface area (Å²) >= 11 is 0. The van der Waals surface area contributed by atoms with Gasteiger partial charge >= 0.3 is 5.97 Å². The molecule has 2 unspecified atom stereocenters. The zero-order valence-electron chi connectivity index (χ0n) is 11.6. The number of carbonyl (C=O) groups excluding carboxylic acids is 1. The van der Waals surface area contributed by atoms with Crippen LogP contribution < -0.4 is 10.6 Å². The number of benzene rings is 1. The predicted octanol–water partition coefficient (Wildman–Crippen LogP) is 1.55. The van der Waals surface area contributed by atoms with Crippen LogP contribution in [-0.4, -0.2) is 36.4 Å². The van der Waals surface area contributed by atoms with Crippen molar-refractivity contribution in [3.63, 3.8) is 0 Å². The van der Waals surface area contributed by atoms with Gasteiger partial charge in [0.15, 0.2) is 0 Å². The molecular formula is C15H20N2O3. The first-order valence-electron chi connectivity index (χ1n) is 7.04. The van der Waals surface area contributed by atoms with Gasteiger partial charge in [0.25, 0.3) is 0 Å². The molecule has 2 atom stereocenters. The third-order valence-corrected chi connectivity index (χ3v) is 4.44. The van der Waals surface area contributed by atoms with Gasteiger partial charge in [0, 0.05) is 12.1 Å². The number of ether oxygens (including phenoxy) is 1. The molecule has 0 aliphatic carbocycles. The molecule has 0 saturated carbocycles. The van der Waals surface area contributed by atoms with E-state index in [0.717, 1.165) is 31.4 Å². The zero-order valence-corrected chi connectivity index (χ0v) is 11.6. The largest absolute Gasteiger partial charge is 0.465 e. The van der Waals surface area contributed by atoms with Crippen LogP contribution in [0.4, 0.5) is 11.4 Å². The summed E-state index contributed by atoms with van der Waals surface area (Å²) in [4.78, 5) is 14.0. The molecule has 0 aromatic heterocycles. The van der Waals surface area contributed by atoms with Crippen LogP contribution in [0.1, 0.15) is 36.0 Å². The molecule has 108 valence electrons. The average molecular weight is 276 g/mol. The van der Waals surface area contributed by atoms with Crippen molar-refractivity contribution in [2.75, 3.05) is 17.7 Å². The van der Waals surface area contributed by atoms with E-state index < -0.39 is 0 Å². The number of carbonyl (C=O) groups is 1. The van der Waals surface area contributed by atoms with Crippen LogP contribution in [0, 0.1) is 0 Å². The topological polar surface area (TPSA) is 75.8 Å². The van der Waals surface area contributed by atoms with Crippen molar-refractivity contribution >= 4 is 17.3 Å². The number of nitrogen functional groups attached to an aromatic ring is 1. The summed E-state index contributed by atoms with van der Waals surface area (Å²) in [7, 11) is 1.37. The molecule has 2 fully saturated rings. The summed E-state index contributed by atoms with van der Waals surface area (Å²) in [5.41, 5.74) is 8.18. The van der Waals surface area contributed by atoms with Gasteiger partial charge in [0.05, 0.1) is 30.2 Å². The van der Waals surface area contributed by atoms with Crippen LogP contribution in [0.25, 0.3) is 0 Å². The van der Waals surface area contributed by atoms with Gasteiger partial charge in [-0.3, -0.25) is 0 Å². The molecule has 2 saturated heterocycles. The lowest BCUT2D eigenvalue weighted by Gasteiger charge is -2.39. The van der Waals surface area contributed by atoms with E-state index in [0.29, 0.717) is 23.3 Å². The molecular weight excluding hydrogens is 256 g/mol. The van der Waals surface area contributed by atoms with Gasteiger partial charge in [-0.05, 0) is 43.9 Å². The smallest absolute Gasteiger partial charge is 0.337 e. The molecule has 20 heavy (non-hydrogen) atoms. The SMILES string of the molecule is COC(=O)c1ccc(N)c(N2C3CCC2CC(O)C3)c1. The number of rotatable bonds is 2. The maximum Gasteiger partial charge on any atom is 0.337 e. The van der Waals surface area contributed by atoms with Crippen LogP contribution >= 0.6 is 0 Å². The predicted molar refractivity (Wildman–Crippen MR) is 76.7 cm³/mol. The summed E-state index contributed by atoms with van der Waals surface area (Å²) in [6.45, 7) is 0. The fraction of sp³-hybridized carbons (Fsp3) is 0.533. The number of aliphatic hydroxyl groups excluding tert-OH is 1. The third kappa shape index (κ3) is 2.12. The number of piperidine rings is 1. The quantitative estimate of drug-likeness (QED) is 0.633. The van der Waals surface area contributed by atoms with Gasteiger partial charge in [-0.15, -0.1) is 0 Å². The second-order valence-electron chi connectivity index (χ2n) is 5.68. The van der Waals surface area contributed by atoms with E-state index in [1.54, 1.807) is 12.1 Å². The van der Waals surface area contributed by atoms with Gasteiger partial charge in [-0.1, -0.05) is 0 Å². The van der Waals surface area contributed by atoms with E-state index >= 15 is 0 Å². The number of hydrogen-bond donors (Lipinski definition) is 2. The highest BCUT2D eigenvalue weighted by Gasteiger charge is 2.40. The summed E-state index contributed by atoms with van der Waals surface area (Å²) in [5.74, 6) is -0.351. The van der Waals surface area contributed by atoms with Gasteiger partial charge < -0.3 is 20.5 Å². The zero-order chi connectivity index (χ0) is 14.3. The van der Waals surface area contributed by atoms with Gasteiger partial charge in [0.1, 0.15) is 0 Å². The average Bonchev–Trinajstić information content (AvgIpc) is 2.70. The molecule has 2 aliphatic heterocycles. The highest BCUT2D eigenvalue weighted by molar-refractivity contribution is 5.92. The molecule has 1 aromatic rings.